The minimum Gasteiger partial charge on any atom is -0.444 e. The van der Waals surface area contributed by atoms with Crippen LogP contribution in [0, 0.1) is 0 Å². The number of benzene rings is 2. The van der Waals surface area contributed by atoms with Crippen molar-refractivity contribution >= 4 is 92.8 Å². The molecule has 0 radical (unpaired) electrons. The van der Waals surface area contributed by atoms with Crippen LogP contribution in [0.4, 0.5) is 0 Å². The minimum absolute atomic E-state index is 0.346. The van der Waals surface area contributed by atoms with Gasteiger partial charge >= 0.3 is 7.96 Å². The van der Waals surface area contributed by atoms with Crippen LogP contribution in [-0.4, -0.2) is 7.96 Å². The lowest BCUT2D eigenvalue weighted by Gasteiger charge is -2.14. The summed E-state index contributed by atoms with van der Waals surface area (Å²) in [7, 11) is 0. The quantitative estimate of drug-likeness (QED) is 0.395. The smallest absolute Gasteiger partial charge is 0.338 e. The van der Waals surface area contributed by atoms with Gasteiger partial charge in [0.05, 0.1) is 10.0 Å². The maximum Gasteiger partial charge on any atom is 0.338 e. The van der Waals surface area contributed by atoms with Crippen molar-refractivity contribution in [3.05, 3.63) is 58.6 Å². The lowest BCUT2D eigenvalue weighted by molar-refractivity contribution is 0.320. The molecule has 0 fully saturated rings. The Morgan fingerprint density at radius 1 is 0.542 bits per heavy atom. The van der Waals surface area contributed by atoms with Gasteiger partial charge in [-0.05, 0) is 93.9 Å². The molecule has 0 bridgehead atoms. The van der Waals surface area contributed by atoms with Gasteiger partial charge in [0, 0.05) is 0 Å². The Bertz CT molecular complexity index is 594. The van der Waals surface area contributed by atoms with Crippen LogP contribution in [0.5, 0.6) is 11.5 Å². The lowest BCUT2D eigenvalue weighted by atomic mass is 10.3. The van der Waals surface area contributed by atoms with E-state index in [0.717, 1.165) is 0 Å². The van der Waals surface area contributed by atoms with Crippen molar-refractivity contribution in [1.29, 1.82) is 0 Å². The highest BCUT2D eigenvalue weighted by Crippen LogP contribution is 2.34. The first kappa shape index (κ1) is 22.4. The van der Waals surface area contributed by atoms with Gasteiger partial charge in [0.25, 0.3) is 0 Å². The second-order valence-electron chi connectivity index (χ2n) is 3.96. The molecule has 2 aromatic rings. The van der Waals surface area contributed by atoms with Crippen LogP contribution in [0.3, 0.4) is 0 Å². The summed E-state index contributed by atoms with van der Waals surface area (Å²) in [6.45, 7) is 0. The first-order valence-electron chi connectivity index (χ1n) is 5.98. The van der Waals surface area contributed by atoms with Crippen LogP contribution in [0.15, 0.2) is 48.5 Å². The summed E-state index contributed by atoms with van der Waals surface area (Å²) < 4.78 is 6.25. The molecule has 0 aliphatic carbocycles. The Balaban J connectivity index is 0.000000240. The maximum absolute atomic E-state index is 5.73. The summed E-state index contributed by atoms with van der Waals surface area (Å²) in [6.07, 6.45) is 0. The van der Waals surface area contributed by atoms with Gasteiger partial charge in [-0.2, -0.15) is 0 Å². The third-order valence-electron chi connectivity index (χ3n) is 2.12. The highest BCUT2D eigenvalue weighted by molar-refractivity contribution is 6.67. The van der Waals surface area contributed by atoms with Crippen molar-refractivity contribution in [3.8, 4) is 11.5 Å². The molecule has 0 spiro atoms. The van der Waals surface area contributed by atoms with Gasteiger partial charge < -0.3 is 9.47 Å². The summed E-state index contributed by atoms with van der Waals surface area (Å²) in [5.74, 6) is 0.693. The van der Waals surface area contributed by atoms with Gasteiger partial charge in [0.2, 0.25) is 0 Å². The summed E-state index contributed by atoms with van der Waals surface area (Å²) in [5.41, 5.74) is 0. The van der Waals surface area contributed by atoms with Crippen LogP contribution in [-0.2, 0) is 0 Å². The zero-order valence-electron chi connectivity index (χ0n) is 11.5. The Labute approximate surface area is 179 Å². The molecule has 0 heterocycles. The van der Waals surface area contributed by atoms with Gasteiger partial charge in [-0.15, -0.1) is 0 Å². The van der Waals surface area contributed by atoms with Gasteiger partial charge in [-0.25, -0.2) is 0 Å². The SMILES string of the molecule is Clc1ccccc1OC(Cl)(Cl)Cl.Clc1ccccc1OC(Cl)(Cl)Cl. The van der Waals surface area contributed by atoms with Crippen molar-refractivity contribution in [2.45, 2.75) is 7.96 Å². The van der Waals surface area contributed by atoms with E-state index in [9.17, 15) is 0 Å². The van der Waals surface area contributed by atoms with E-state index in [1.807, 2.05) is 0 Å². The molecule has 0 amide bonds. The van der Waals surface area contributed by atoms with E-state index in [-0.39, 0.29) is 0 Å². The van der Waals surface area contributed by atoms with Crippen molar-refractivity contribution in [3.63, 3.8) is 0 Å². The Hall–Kier alpha value is 0.360. The number of halogens is 8. The molecule has 132 valence electrons. The highest BCUT2D eigenvalue weighted by atomic mass is 35.6. The predicted octanol–water partition coefficient (Wildman–Crippen LogP) is 8.09. The molecular weight excluding hydrogens is 484 g/mol. The Morgan fingerprint density at radius 3 is 1.08 bits per heavy atom. The van der Waals surface area contributed by atoms with Crippen LogP contribution in [0.2, 0.25) is 10.0 Å². The van der Waals surface area contributed by atoms with Crippen molar-refractivity contribution in [1.82, 2.24) is 0 Å². The molecule has 24 heavy (non-hydrogen) atoms. The van der Waals surface area contributed by atoms with E-state index in [1.54, 1.807) is 48.5 Å². The topological polar surface area (TPSA) is 18.5 Å². The van der Waals surface area contributed by atoms with Crippen LogP contribution >= 0.6 is 92.8 Å². The molecule has 2 rings (SSSR count). The van der Waals surface area contributed by atoms with E-state index in [4.69, 9.17) is 102 Å². The average Bonchev–Trinajstić information content (AvgIpc) is 2.42. The predicted molar refractivity (Wildman–Crippen MR) is 105 cm³/mol. The number of para-hydroxylation sites is 2. The maximum atomic E-state index is 5.73. The Kier molecular flexibility index (Phi) is 9.23. The van der Waals surface area contributed by atoms with E-state index in [1.165, 1.54) is 0 Å². The second-order valence-corrected chi connectivity index (χ2v) is 9.13. The van der Waals surface area contributed by atoms with Gasteiger partial charge in [-0.1, -0.05) is 47.5 Å². The van der Waals surface area contributed by atoms with Crippen LogP contribution in [0.1, 0.15) is 0 Å². The zero-order valence-corrected chi connectivity index (χ0v) is 17.5. The monoisotopic (exact) mass is 488 g/mol. The number of alkyl halides is 6. The van der Waals surface area contributed by atoms with E-state index in [0.29, 0.717) is 21.5 Å². The van der Waals surface area contributed by atoms with Crippen molar-refractivity contribution < 1.29 is 9.47 Å². The molecule has 0 aromatic heterocycles. The van der Waals surface area contributed by atoms with Crippen LogP contribution in [0.25, 0.3) is 0 Å². The number of ether oxygens (including phenoxy) is 2. The van der Waals surface area contributed by atoms with Crippen LogP contribution < -0.4 is 9.47 Å². The third kappa shape index (κ3) is 9.74. The molecule has 2 aromatic carbocycles. The van der Waals surface area contributed by atoms with Gasteiger partial charge in [0.1, 0.15) is 11.5 Å². The average molecular weight is 492 g/mol. The standard InChI is InChI=1S/2C7H4Cl4O/c2*8-5-3-1-2-4-6(5)12-7(9,10)11/h2*1-4H. The lowest BCUT2D eigenvalue weighted by Crippen LogP contribution is -2.12. The molecule has 0 saturated carbocycles. The molecule has 0 atom stereocenters. The fourth-order valence-electron chi connectivity index (χ4n) is 1.30. The number of hydrogen-bond acceptors (Lipinski definition) is 2. The van der Waals surface area contributed by atoms with E-state index >= 15 is 0 Å². The molecule has 0 aliphatic heterocycles. The molecule has 0 aliphatic rings. The van der Waals surface area contributed by atoms with Crippen molar-refractivity contribution in [2.24, 2.45) is 0 Å². The molecule has 0 unspecified atom stereocenters. The van der Waals surface area contributed by atoms with Gasteiger partial charge in [-0.3, -0.25) is 0 Å². The molecule has 2 nitrogen and oxygen atoms in total. The number of rotatable bonds is 2. The fourth-order valence-corrected chi connectivity index (χ4v) is 2.15. The number of hydrogen-bond donors (Lipinski definition) is 0. The summed E-state index contributed by atoms with van der Waals surface area (Å²) in [5, 5.41) is 0.813. The largest absolute Gasteiger partial charge is 0.444 e. The van der Waals surface area contributed by atoms with E-state index < -0.39 is 7.96 Å². The molecule has 0 saturated heterocycles. The van der Waals surface area contributed by atoms with Gasteiger partial charge in [0.15, 0.2) is 0 Å². The van der Waals surface area contributed by atoms with Crippen molar-refractivity contribution in [2.75, 3.05) is 0 Å². The molecule has 0 N–H and O–H groups in total. The fraction of sp³-hybridized carbons (Fsp3) is 0.143. The second kappa shape index (κ2) is 9.89. The molecule has 10 heteroatoms. The van der Waals surface area contributed by atoms with E-state index in [2.05, 4.69) is 0 Å². The zero-order chi connectivity index (χ0) is 18.4. The third-order valence-corrected chi connectivity index (χ3v) is 3.21. The summed E-state index contributed by atoms with van der Waals surface area (Å²) in [6, 6.07) is 13.5. The minimum atomic E-state index is -1.77. The normalized spacial score (nSPS) is 11.3. The summed E-state index contributed by atoms with van der Waals surface area (Å²) in [4.78, 5) is 0. The first-order valence-corrected chi connectivity index (χ1v) is 9.01. The Morgan fingerprint density at radius 2 is 0.833 bits per heavy atom. The summed E-state index contributed by atoms with van der Waals surface area (Å²) >= 11 is 43.8. The first-order chi connectivity index (χ1) is 11.0. The highest BCUT2D eigenvalue weighted by Gasteiger charge is 2.23. The molecular formula is C14H8Cl8O2.